The average Bonchev–Trinajstić information content (AvgIpc) is 4.25. The molecule has 0 aliphatic heterocycles. The first-order valence-corrected chi connectivity index (χ1v) is 31.6. The predicted octanol–water partition coefficient (Wildman–Crippen LogP) is 12.6. The van der Waals surface area contributed by atoms with Crippen LogP contribution >= 0.6 is 11.3 Å². The summed E-state index contributed by atoms with van der Waals surface area (Å²) in [7, 11) is -11.5. The van der Waals surface area contributed by atoms with Crippen LogP contribution in [0.15, 0.2) is 226 Å². The number of sulfonamides is 3. The Hall–Kier alpha value is -9.82. The Morgan fingerprint density at radius 3 is 0.989 bits per heavy atom. The van der Waals surface area contributed by atoms with E-state index in [1.165, 1.54) is 47.7 Å². The largest absolute Gasteiger partial charge is 0.573 e. The van der Waals surface area contributed by atoms with E-state index in [1.807, 2.05) is 36.4 Å². The molecule has 1 heterocycles. The molecule has 0 saturated carbocycles. The highest BCUT2D eigenvalue weighted by molar-refractivity contribution is 7.94. The summed E-state index contributed by atoms with van der Waals surface area (Å²) in [5.41, 5.74) is 7.17. The van der Waals surface area contributed by atoms with Gasteiger partial charge in [0.2, 0.25) is 0 Å². The van der Waals surface area contributed by atoms with Crippen LogP contribution in [0.4, 0.5) is 30.2 Å². The van der Waals surface area contributed by atoms with Crippen LogP contribution in [0.3, 0.4) is 0 Å². The number of nitrogens with one attached hydrogen (secondary N) is 3. The van der Waals surface area contributed by atoms with Crippen molar-refractivity contribution in [2.24, 2.45) is 0 Å². The second-order valence-corrected chi connectivity index (χ2v) is 25.4. The molecule has 18 nitrogen and oxygen atoms in total. The molecule has 0 atom stereocenters. The van der Waals surface area contributed by atoms with E-state index in [2.05, 4.69) is 18.9 Å². The number of hydrogen-bond acceptors (Lipinski definition) is 12. The van der Waals surface area contributed by atoms with Crippen molar-refractivity contribution in [1.82, 2.24) is 0 Å². The molecule has 7 N–H and O–H groups in total. The zero-order valence-electron chi connectivity index (χ0n) is 46.0. The number of alkyl halides is 3. The minimum Gasteiger partial charge on any atom is -0.478 e. The van der Waals surface area contributed by atoms with Gasteiger partial charge >= 0.3 is 30.2 Å². The minimum absolute atomic E-state index is 0.00270. The molecule has 0 unspecified atom stereocenters. The summed E-state index contributed by atoms with van der Waals surface area (Å²) in [6.07, 6.45) is -1.21. The Morgan fingerprint density at radius 1 is 0.375 bits per heavy atom. The molecule has 0 saturated heterocycles. The molecule has 0 aliphatic rings. The molecule has 0 fully saturated rings. The number of carboxylic acids is 4. The zero-order valence-corrected chi connectivity index (χ0v) is 49.3. The standard InChI is InChI=1S/C22H18F3NO5S.C22H19NO6S.C19H17NO4S2/c23-22(24,25)31-19-9-11-20(12-10-19)32(29,30)26-18-6-2-4-16(14-18)8-7-15-3-1-5-17(13-15)21(27)28;24-21(25)17-9-11-20(12-10-17)30(28,29)23-19-6-2-4-16(14-19)8-7-15-3-1-5-18(13-15)22(26)27;21-19(22)16-6-1-4-14(12-16)9-10-15-5-2-7-17(13-15)20-26(23,24)18-8-3-11-25-18/h1-6,9-14,26H,7-8H2,(H,27,28);1-6,9-14,23H,7-8H2,(H,24,25)(H,26,27);1-8,11-13,20H,9-10H2,(H,21,22). The van der Waals surface area contributed by atoms with E-state index in [4.69, 9.17) is 20.4 Å². The average molecular weight is 1280 g/mol. The fourth-order valence-electron chi connectivity index (χ4n) is 8.46. The van der Waals surface area contributed by atoms with Crippen LogP contribution in [-0.4, -0.2) is 75.9 Å². The summed E-state index contributed by atoms with van der Waals surface area (Å²) < 4.78 is 123. The SMILES string of the molecule is O=C(O)c1ccc(S(=O)(=O)Nc2cccc(CCc3cccc(C(=O)O)c3)c2)cc1.O=C(O)c1cccc(CCc2cccc(NS(=O)(=O)c3ccc(OC(F)(F)F)cc3)c2)c1.O=C(O)c1cccc(CCc2cccc(NS(=O)(=O)c3cccs3)c2)c1. The first kappa shape index (κ1) is 65.7. The van der Waals surface area contributed by atoms with Gasteiger partial charge in [0, 0.05) is 17.1 Å². The Balaban J connectivity index is 0.000000189. The summed E-state index contributed by atoms with van der Waals surface area (Å²) >= 11 is 1.17. The van der Waals surface area contributed by atoms with Crippen molar-refractivity contribution in [3.8, 4) is 5.75 Å². The molecule has 0 spiro atoms. The molecule has 8 aromatic carbocycles. The fourth-order valence-corrected chi connectivity index (χ4v) is 12.6. The van der Waals surface area contributed by atoms with Crippen LogP contribution in [0, 0.1) is 0 Å². The summed E-state index contributed by atoms with van der Waals surface area (Å²) in [4.78, 5) is 43.9. The lowest BCUT2D eigenvalue weighted by atomic mass is 10.0. The third-order valence-electron chi connectivity index (χ3n) is 12.7. The number of carbonyl (C=O) groups is 4. The van der Waals surface area contributed by atoms with E-state index in [-0.39, 0.29) is 41.9 Å². The lowest BCUT2D eigenvalue weighted by molar-refractivity contribution is -0.274. The third kappa shape index (κ3) is 20.1. The maximum atomic E-state index is 12.6. The van der Waals surface area contributed by atoms with Crippen molar-refractivity contribution < 1.29 is 82.8 Å². The number of anilines is 3. The van der Waals surface area contributed by atoms with Crippen LogP contribution in [-0.2, 0) is 68.6 Å². The molecule has 9 rings (SSSR count). The second kappa shape index (κ2) is 29.5. The Morgan fingerprint density at radius 2 is 0.682 bits per heavy atom. The zero-order chi connectivity index (χ0) is 63.7. The van der Waals surface area contributed by atoms with Crippen LogP contribution in [0.2, 0.25) is 0 Å². The van der Waals surface area contributed by atoms with Gasteiger partial charge in [-0.15, -0.1) is 24.5 Å². The smallest absolute Gasteiger partial charge is 0.478 e. The van der Waals surface area contributed by atoms with Crippen LogP contribution in [0.1, 0.15) is 74.8 Å². The van der Waals surface area contributed by atoms with Crippen molar-refractivity contribution in [3.05, 3.63) is 267 Å². The Kier molecular flexibility index (Phi) is 22.0. The van der Waals surface area contributed by atoms with Gasteiger partial charge in [0.05, 0.1) is 32.0 Å². The first-order chi connectivity index (χ1) is 41.7. The van der Waals surface area contributed by atoms with Crippen LogP contribution in [0.5, 0.6) is 5.75 Å². The number of rotatable bonds is 23. The third-order valence-corrected chi connectivity index (χ3v) is 18.3. The summed E-state index contributed by atoms with van der Waals surface area (Å²) in [5, 5.41) is 37.9. The van der Waals surface area contributed by atoms with Gasteiger partial charge in [-0.3, -0.25) is 14.2 Å². The van der Waals surface area contributed by atoms with Gasteiger partial charge < -0.3 is 25.2 Å². The van der Waals surface area contributed by atoms with E-state index in [9.17, 15) is 57.6 Å². The molecule has 9 aromatic rings. The van der Waals surface area contributed by atoms with Crippen molar-refractivity contribution in [2.45, 2.75) is 58.9 Å². The quantitative estimate of drug-likeness (QED) is 0.0313. The van der Waals surface area contributed by atoms with Crippen molar-refractivity contribution >= 4 is 82.3 Å². The molecule has 0 bridgehead atoms. The first-order valence-electron chi connectivity index (χ1n) is 26.2. The molecule has 0 radical (unpaired) electrons. The van der Waals surface area contributed by atoms with Gasteiger partial charge in [-0.1, -0.05) is 78.9 Å². The van der Waals surface area contributed by atoms with Crippen LogP contribution in [0.25, 0.3) is 0 Å². The summed E-state index contributed by atoms with van der Waals surface area (Å²) in [6, 6.07) is 53.0. The maximum Gasteiger partial charge on any atom is 0.573 e. The van der Waals surface area contributed by atoms with E-state index in [1.54, 1.807) is 115 Å². The molecule has 456 valence electrons. The molecule has 1 aromatic heterocycles. The molecule has 0 amide bonds. The Bertz CT molecular complexity index is 4280. The number of carboxylic acid groups (broad SMARTS) is 4. The number of thiophene rings is 1. The molecular formula is C63H54F3N3O15S4. The van der Waals surface area contributed by atoms with E-state index >= 15 is 0 Å². The summed E-state index contributed by atoms with van der Waals surface area (Å²) in [6.45, 7) is 0. The lowest BCUT2D eigenvalue weighted by Gasteiger charge is -2.11. The van der Waals surface area contributed by atoms with Crippen molar-refractivity contribution in [3.63, 3.8) is 0 Å². The van der Waals surface area contributed by atoms with Gasteiger partial charge in [0.1, 0.15) is 9.96 Å². The van der Waals surface area contributed by atoms with Gasteiger partial charge in [-0.25, -0.2) is 44.4 Å². The van der Waals surface area contributed by atoms with Gasteiger partial charge in [0.15, 0.2) is 0 Å². The van der Waals surface area contributed by atoms with Gasteiger partial charge in [0.25, 0.3) is 30.1 Å². The van der Waals surface area contributed by atoms with Gasteiger partial charge in [-0.05, 0) is 205 Å². The number of benzene rings is 8. The molecule has 25 heteroatoms. The monoisotopic (exact) mass is 1280 g/mol. The normalized spacial score (nSPS) is 11.4. The number of aromatic carboxylic acids is 4. The highest BCUT2D eigenvalue weighted by Crippen LogP contribution is 2.27. The van der Waals surface area contributed by atoms with E-state index < -0.39 is 66.1 Å². The topological polar surface area (TPSA) is 297 Å². The highest BCUT2D eigenvalue weighted by Gasteiger charge is 2.31. The highest BCUT2D eigenvalue weighted by atomic mass is 32.2. The maximum absolute atomic E-state index is 12.6. The number of hydrogen-bond donors (Lipinski definition) is 7. The molecule has 88 heavy (non-hydrogen) atoms. The molecular weight excluding hydrogens is 1220 g/mol. The number of ether oxygens (including phenoxy) is 1. The lowest BCUT2D eigenvalue weighted by Crippen LogP contribution is -2.17. The minimum atomic E-state index is -4.87. The van der Waals surface area contributed by atoms with Crippen LogP contribution < -0.4 is 18.9 Å². The van der Waals surface area contributed by atoms with Gasteiger partial charge in [-0.2, -0.15) is 0 Å². The molecule has 0 aliphatic carbocycles. The van der Waals surface area contributed by atoms with Crippen molar-refractivity contribution in [2.75, 3.05) is 14.2 Å². The van der Waals surface area contributed by atoms with E-state index in [0.717, 1.165) is 57.6 Å². The fraction of sp³-hybridized carbons (Fsp3) is 0.111. The van der Waals surface area contributed by atoms with Crippen molar-refractivity contribution in [1.29, 1.82) is 0 Å². The number of halogens is 3. The van der Waals surface area contributed by atoms with E-state index in [0.29, 0.717) is 49.9 Å². The Labute approximate surface area is 508 Å². The predicted molar refractivity (Wildman–Crippen MR) is 325 cm³/mol. The number of aryl methyl sites for hydroxylation is 6. The second-order valence-electron chi connectivity index (χ2n) is 19.2. The summed E-state index contributed by atoms with van der Waals surface area (Å²) in [5.74, 6) is -4.60.